The molecule has 0 atom stereocenters. The van der Waals surface area contributed by atoms with Crippen molar-refractivity contribution in [3.63, 3.8) is 0 Å². The molecule has 2 nitrogen and oxygen atoms in total. The molecule has 0 unspecified atom stereocenters. The number of benzene rings is 4. The standard InChI is InChI=1S/C30H27BrNOSi/c1-30(2,3)28-19-18-26(25-17-11-10-12-22(25)20-32)27(29(28)31)21-33-34(23-13-6-4-7-14-23)24-15-8-5-9-16-24/h4-19H,21H2,1-3H3. The molecule has 0 heterocycles. The third kappa shape index (κ3) is 5.23. The lowest BCUT2D eigenvalue weighted by atomic mass is 9.84. The van der Waals surface area contributed by atoms with E-state index in [1.807, 2.05) is 36.4 Å². The largest absolute Gasteiger partial charge is 0.403 e. The molecule has 0 saturated heterocycles. The summed E-state index contributed by atoms with van der Waals surface area (Å²) in [6.45, 7) is 7.08. The third-order valence-electron chi connectivity index (χ3n) is 5.82. The van der Waals surface area contributed by atoms with E-state index in [9.17, 15) is 5.26 Å². The molecular formula is C30H27BrNOSi. The molecule has 0 aliphatic rings. The van der Waals surface area contributed by atoms with Gasteiger partial charge in [0, 0.05) is 4.47 Å². The van der Waals surface area contributed by atoms with Crippen LogP contribution < -0.4 is 10.4 Å². The van der Waals surface area contributed by atoms with Crippen LogP contribution in [0, 0.1) is 11.3 Å². The van der Waals surface area contributed by atoms with Crippen LogP contribution in [-0.4, -0.2) is 9.04 Å². The van der Waals surface area contributed by atoms with E-state index in [-0.39, 0.29) is 5.41 Å². The highest BCUT2D eigenvalue weighted by Gasteiger charge is 2.25. The molecule has 0 spiro atoms. The summed E-state index contributed by atoms with van der Waals surface area (Å²) in [5, 5.41) is 12.2. The first-order chi connectivity index (χ1) is 16.4. The second-order valence-electron chi connectivity index (χ2n) is 9.21. The quantitative estimate of drug-likeness (QED) is 0.266. The van der Waals surface area contributed by atoms with Crippen molar-refractivity contribution in [2.24, 2.45) is 0 Å². The number of nitrogens with zero attached hydrogens (tertiary/aromatic N) is 1. The molecule has 169 valence electrons. The van der Waals surface area contributed by atoms with E-state index >= 15 is 0 Å². The van der Waals surface area contributed by atoms with Crippen LogP contribution in [0.3, 0.4) is 0 Å². The monoisotopic (exact) mass is 524 g/mol. The zero-order valence-electron chi connectivity index (χ0n) is 19.7. The maximum Gasteiger partial charge on any atom is 0.283 e. The van der Waals surface area contributed by atoms with E-state index in [0.29, 0.717) is 12.2 Å². The smallest absolute Gasteiger partial charge is 0.283 e. The van der Waals surface area contributed by atoms with E-state index < -0.39 is 9.04 Å². The molecular weight excluding hydrogens is 498 g/mol. The minimum absolute atomic E-state index is 0.0342. The normalized spacial score (nSPS) is 11.4. The van der Waals surface area contributed by atoms with Gasteiger partial charge in [-0.1, -0.05) is 128 Å². The molecule has 0 bridgehead atoms. The minimum atomic E-state index is -1.46. The second-order valence-corrected chi connectivity index (χ2v) is 12.1. The zero-order valence-corrected chi connectivity index (χ0v) is 22.3. The molecule has 0 aliphatic heterocycles. The van der Waals surface area contributed by atoms with Crippen molar-refractivity contribution in [2.75, 3.05) is 0 Å². The number of hydrogen-bond donors (Lipinski definition) is 0. The Kier molecular flexibility index (Phi) is 7.48. The van der Waals surface area contributed by atoms with Crippen LogP contribution in [0.15, 0.2) is 102 Å². The van der Waals surface area contributed by atoms with Crippen LogP contribution in [0.2, 0.25) is 0 Å². The Balaban J connectivity index is 1.81. The van der Waals surface area contributed by atoms with Crippen molar-refractivity contribution in [2.45, 2.75) is 32.8 Å². The predicted molar refractivity (Wildman–Crippen MR) is 146 cm³/mol. The number of hydrogen-bond acceptors (Lipinski definition) is 2. The third-order valence-corrected chi connectivity index (χ3v) is 8.88. The Morgan fingerprint density at radius 3 is 1.88 bits per heavy atom. The molecule has 0 N–H and O–H groups in total. The van der Waals surface area contributed by atoms with Gasteiger partial charge in [0.05, 0.1) is 18.2 Å². The van der Waals surface area contributed by atoms with Crippen LogP contribution in [0.1, 0.15) is 37.5 Å². The minimum Gasteiger partial charge on any atom is -0.403 e. The summed E-state index contributed by atoms with van der Waals surface area (Å²) >= 11 is 3.92. The summed E-state index contributed by atoms with van der Waals surface area (Å²) in [7, 11) is -1.46. The lowest BCUT2D eigenvalue weighted by molar-refractivity contribution is 0.321. The maximum atomic E-state index is 9.75. The molecule has 0 saturated carbocycles. The van der Waals surface area contributed by atoms with Gasteiger partial charge >= 0.3 is 0 Å². The number of rotatable bonds is 6. The van der Waals surface area contributed by atoms with Gasteiger partial charge in [-0.05, 0) is 44.1 Å². The summed E-state index contributed by atoms with van der Waals surface area (Å²) in [5.74, 6) is 0. The Morgan fingerprint density at radius 1 is 0.765 bits per heavy atom. The maximum absolute atomic E-state index is 9.75. The number of halogens is 1. The first-order valence-corrected chi connectivity index (χ1v) is 13.5. The van der Waals surface area contributed by atoms with E-state index in [1.54, 1.807) is 0 Å². The van der Waals surface area contributed by atoms with Crippen molar-refractivity contribution in [3.8, 4) is 17.2 Å². The van der Waals surface area contributed by atoms with Crippen LogP contribution in [0.25, 0.3) is 11.1 Å². The SMILES string of the molecule is CC(C)(C)c1ccc(-c2ccccc2C#N)c(CO[Si](c2ccccc2)c2ccccc2)c1Br. The highest BCUT2D eigenvalue weighted by Crippen LogP contribution is 2.39. The summed E-state index contributed by atoms with van der Waals surface area (Å²) in [4.78, 5) is 0. The molecule has 34 heavy (non-hydrogen) atoms. The summed E-state index contributed by atoms with van der Waals surface area (Å²) in [6.07, 6.45) is 0. The van der Waals surface area contributed by atoms with Crippen LogP contribution >= 0.6 is 15.9 Å². The Hall–Kier alpha value is -2.97. The average Bonchev–Trinajstić information content (AvgIpc) is 2.85. The molecule has 4 rings (SSSR count). The highest BCUT2D eigenvalue weighted by atomic mass is 79.9. The van der Waals surface area contributed by atoms with E-state index in [0.717, 1.165) is 21.2 Å². The molecule has 1 radical (unpaired) electrons. The first kappa shape index (κ1) is 24.2. The van der Waals surface area contributed by atoms with Gasteiger partial charge in [0.1, 0.15) is 0 Å². The second kappa shape index (κ2) is 10.5. The van der Waals surface area contributed by atoms with Crippen LogP contribution in [0.5, 0.6) is 0 Å². The van der Waals surface area contributed by atoms with Gasteiger partial charge in [-0.3, -0.25) is 0 Å². The van der Waals surface area contributed by atoms with Crippen LogP contribution in [0.4, 0.5) is 0 Å². The van der Waals surface area contributed by atoms with Gasteiger partial charge in [-0.2, -0.15) is 5.26 Å². The Morgan fingerprint density at radius 2 is 1.32 bits per heavy atom. The van der Waals surface area contributed by atoms with Crippen molar-refractivity contribution >= 4 is 35.3 Å². The van der Waals surface area contributed by atoms with E-state index in [4.69, 9.17) is 4.43 Å². The van der Waals surface area contributed by atoms with Gasteiger partial charge in [0.2, 0.25) is 0 Å². The highest BCUT2D eigenvalue weighted by molar-refractivity contribution is 9.10. The fourth-order valence-electron chi connectivity index (χ4n) is 4.07. The summed E-state index contributed by atoms with van der Waals surface area (Å²) < 4.78 is 7.82. The van der Waals surface area contributed by atoms with Gasteiger partial charge in [-0.25, -0.2) is 0 Å². The molecule has 0 amide bonds. The van der Waals surface area contributed by atoms with Gasteiger partial charge in [0.25, 0.3) is 9.04 Å². The van der Waals surface area contributed by atoms with Gasteiger partial charge in [0.15, 0.2) is 0 Å². The fraction of sp³-hybridized carbons (Fsp3) is 0.167. The van der Waals surface area contributed by atoms with Crippen molar-refractivity contribution in [1.29, 1.82) is 5.26 Å². The Labute approximate surface area is 212 Å². The van der Waals surface area contributed by atoms with Crippen molar-refractivity contribution < 1.29 is 4.43 Å². The van der Waals surface area contributed by atoms with Crippen LogP contribution in [-0.2, 0) is 16.4 Å². The molecule has 4 heteroatoms. The molecule has 0 aliphatic carbocycles. The molecule has 0 aromatic heterocycles. The fourth-order valence-corrected chi connectivity index (χ4v) is 7.07. The molecule has 0 fully saturated rings. The lowest BCUT2D eigenvalue weighted by Crippen LogP contribution is -2.44. The topological polar surface area (TPSA) is 33.0 Å². The zero-order chi connectivity index (χ0) is 24.1. The van der Waals surface area contributed by atoms with Gasteiger partial charge < -0.3 is 4.43 Å². The predicted octanol–water partition coefficient (Wildman–Crippen LogP) is 6.61. The molecule has 4 aromatic rings. The average molecular weight is 526 g/mol. The number of nitriles is 1. The van der Waals surface area contributed by atoms with Crippen molar-refractivity contribution in [1.82, 2.24) is 0 Å². The Bertz CT molecular complexity index is 1270. The first-order valence-electron chi connectivity index (χ1n) is 11.3. The summed E-state index contributed by atoms with van der Waals surface area (Å²) in [5.41, 5.74) is 4.88. The lowest BCUT2D eigenvalue weighted by Gasteiger charge is -2.25. The summed E-state index contributed by atoms with van der Waals surface area (Å²) in [6, 6.07) is 35.3. The van der Waals surface area contributed by atoms with Gasteiger partial charge in [-0.15, -0.1) is 0 Å². The van der Waals surface area contributed by atoms with Crippen molar-refractivity contribution in [3.05, 3.63) is 118 Å². The molecule has 4 aromatic carbocycles. The van der Waals surface area contributed by atoms with E-state index in [2.05, 4.69) is 103 Å². The van der Waals surface area contributed by atoms with E-state index in [1.165, 1.54) is 15.9 Å².